The van der Waals surface area contributed by atoms with Crippen molar-refractivity contribution in [2.45, 2.75) is 84.0 Å². The summed E-state index contributed by atoms with van der Waals surface area (Å²) in [7, 11) is 0. The molecule has 6 heteroatoms. The summed E-state index contributed by atoms with van der Waals surface area (Å²) in [5, 5.41) is 2.94. The average molecular weight is 313 g/mol. The first-order valence-electron chi connectivity index (χ1n) is 8.16. The summed E-state index contributed by atoms with van der Waals surface area (Å²) in [4.78, 5) is 26.0. The predicted octanol–water partition coefficient (Wildman–Crippen LogP) is 2.02. The second-order valence-electron chi connectivity index (χ2n) is 7.20. The smallest absolute Gasteiger partial charge is 0.407 e. The second kappa shape index (κ2) is 7.81. The summed E-state index contributed by atoms with van der Waals surface area (Å²) in [6.07, 6.45) is 3.40. The minimum Gasteiger partial charge on any atom is -0.444 e. The highest BCUT2D eigenvalue weighted by Crippen LogP contribution is 2.25. The Morgan fingerprint density at radius 2 is 1.86 bits per heavy atom. The number of hydrogen-bond donors (Lipinski definition) is 2. The zero-order valence-electron chi connectivity index (χ0n) is 14.5. The Kier molecular flexibility index (Phi) is 6.66. The van der Waals surface area contributed by atoms with Gasteiger partial charge < -0.3 is 20.7 Å². The molecule has 128 valence electrons. The average Bonchev–Trinajstić information content (AvgIpc) is 2.38. The van der Waals surface area contributed by atoms with Gasteiger partial charge in [0, 0.05) is 6.04 Å². The van der Waals surface area contributed by atoms with E-state index in [1.165, 1.54) is 0 Å². The molecule has 2 atom stereocenters. The van der Waals surface area contributed by atoms with Gasteiger partial charge in [0.1, 0.15) is 5.60 Å². The zero-order valence-corrected chi connectivity index (χ0v) is 14.5. The fourth-order valence-electron chi connectivity index (χ4n) is 3.03. The molecule has 1 rings (SSSR count). The third kappa shape index (κ3) is 5.48. The fourth-order valence-corrected chi connectivity index (χ4v) is 3.03. The molecular formula is C16H31N3O3. The molecule has 6 nitrogen and oxygen atoms in total. The molecule has 0 aromatic heterocycles. The predicted molar refractivity (Wildman–Crippen MR) is 86.5 cm³/mol. The minimum absolute atomic E-state index is 0.00611. The highest BCUT2D eigenvalue weighted by Gasteiger charge is 2.35. The van der Waals surface area contributed by atoms with Crippen molar-refractivity contribution in [2.75, 3.05) is 6.54 Å². The molecule has 1 saturated carbocycles. The van der Waals surface area contributed by atoms with E-state index in [9.17, 15) is 9.59 Å². The molecule has 0 bridgehead atoms. The number of carbonyl (C=O) groups is 2. The van der Waals surface area contributed by atoms with E-state index in [1.807, 2.05) is 39.5 Å². The van der Waals surface area contributed by atoms with E-state index in [-0.39, 0.29) is 30.6 Å². The van der Waals surface area contributed by atoms with Crippen LogP contribution in [-0.4, -0.2) is 47.2 Å². The zero-order chi connectivity index (χ0) is 16.9. The van der Waals surface area contributed by atoms with Crippen molar-refractivity contribution in [1.82, 2.24) is 10.2 Å². The number of rotatable bonds is 4. The maximum absolute atomic E-state index is 12.2. The Hall–Kier alpha value is -1.30. The van der Waals surface area contributed by atoms with E-state index < -0.39 is 11.7 Å². The van der Waals surface area contributed by atoms with Crippen LogP contribution in [0, 0.1) is 0 Å². The molecule has 22 heavy (non-hydrogen) atoms. The third-order valence-corrected chi connectivity index (χ3v) is 3.81. The van der Waals surface area contributed by atoms with Crippen LogP contribution >= 0.6 is 0 Å². The number of carbonyl (C=O) groups excluding carboxylic acids is 2. The molecule has 1 aliphatic rings. The van der Waals surface area contributed by atoms with Crippen molar-refractivity contribution in [3.8, 4) is 0 Å². The highest BCUT2D eigenvalue weighted by atomic mass is 16.6. The summed E-state index contributed by atoms with van der Waals surface area (Å²) in [5.74, 6) is -0.0714. The van der Waals surface area contributed by atoms with Gasteiger partial charge in [0.05, 0.1) is 18.6 Å². The molecular weight excluding hydrogens is 282 g/mol. The van der Waals surface area contributed by atoms with Crippen molar-refractivity contribution in [1.29, 1.82) is 0 Å². The van der Waals surface area contributed by atoms with Gasteiger partial charge in [-0.15, -0.1) is 0 Å². The number of nitrogens with one attached hydrogen (secondary N) is 1. The highest BCUT2D eigenvalue weighted by molar-refractivity contribution is 5.79. The number of hydrogen-bond acceptors (Lipinski definition) is 4. The van der Waals surface area contributed by atoms with Gasteiger partial charge in [0.25, 0.3) is 0 Å². The summed E-state index contributed by atoms with van der Waals surface area (Å²) < 4.78 is 5.34. The van der Waals surface area contributed by atoms with Crippen LogP contribution in [0.1, 0.15) is 60.3 Å². The van der Waals surface area contributed by atoms with Crippen LogP contribution in [-0.2, 0) is 9.53 Å². The van der Waals surface area contributed by atoms with Crippen LogP contribution in [0.15, 0.2) is 0 Å². The van der Waals surface area contributed by atoms with Gasteiger partial charge >= 0.3 is 6.09 Å². The summed E-state index contributed by atoms with van der Waals surface area (Å²) in [5.41, 5.74) is 5.02. The van der Waals surface area contributed by atoms with E-state index in [2.05, 4.69) is 5.32 Å². The normalized spacial score (nSPS) is 22.3. The molecule has 1 aliphatic carbocycles. The molecule has 0 aromatic rings. The van der Waals surface area contributed by atoms with E-state index >= 15 is 0 Å². The topological polar surface area (TPSA) is 84.7 Å². The lowest BCUT2D eigenvalue weighted by molar-refractivity contribution is -0.135. The van der Waals surface area contributed by atoms with Gasteiger partial charge in [-0.25, -0.2) is 4.79 Å². The Labute approximate surface area is 133 Å². The quantitative estimate of drug-likeness (QED) is 0.831. The third-order valence-electron chi connectivity index (χ3n) is 3.81. The molecule has 0 saturated heterocycles. The van der Waals surface area contributed by atoms with Crippen molar-refractivity contribution >= 4 is 12.0 Å². The largest absolute Gasteiger partial charge is 0.444 e. The Bertz CT molecular complexity index is 391. The van der Waals surface area contributed by atoms with Crippen LogP contribution in [0.5, 0.6) is 0 Å². The van der Waals surface area contributed by atoms with E-state index in [4.69, 9.17) is 10.5 Å². The van der Waals surface area contributed by atoms with Crippen molar-refractivity contribution in [2.24, 2.45) is 5.73 Å². The second-order valence-corrected chi connectivity index (χ2v) is 7.20. The standard InChI is InChI=1S/C16H31N3O3/c1-11(2)19(14(20)10-17)13-9-7-6-8-12(13)18-15(21)22-16(3,4)5/h11-13H,6-10,17H2,1-5H3,(H,18,21)/t12-,13-/m1/s1. The number of ether oxygens (including phenoxy) is 1. The lowest BCUT2D eigenvalue weighted by Crippen LogP contribution is -2.58. The minimum atomic E-state index is -0.529. The first-order chi connectivity index (χ1) is 10.2. The first kappa shape index (κ1) is 18.7. The van der Waals surface area contributed by atoms with Gasteiger partial charge in [-0.05, 0) is 47.5 Å². The number of amides is 2. The van der Waals surface area contributed by atoms with Gasteiger partial charge in [-0.2, -0.15) is 0 Å². The maximum Gasteiger partial charge on any atom is 0.407 e. The Morgan fingerprint density at radius 1 is 1.27 bits per heavy atom. The van der Waals surface area contributed by atoms with Crippen molar-refractivity contribution in [3.05, 3.63) is 0 Å². The van der Waals surface area contributed by atoms with E-state index in [0.29, 0.717) is 0 Å². The summed E-state index contributed by atoms with van der Waals surface area (Å²) in [6, 6.07) is -0.0408. The van der Waals surface area contributed by atoms with Gasteiger partial charge in [0.2, 0.25) is 5.91 Å². The fraction of sp³-hybridized carbons (Fsp3) is 0.875. The summed E-state index contributed by atoms with van der Waals surface area (Å²) >= 11 is 0. The van der Waals surface area contributed by atoms with Crippen molar-refractivity contribution in [3.63, 3.8) is 0 Å². The van der Waals surface area contributed by atoms with Crippen LogP contribution in [0.25, 0.3) is 0 Å². The maximum atomic E-state index is 12.2. The molecule has 0 heterocycles. The van der Waals surface area contributed by atoms with Gasteiger partial charge in [-0.3, -0.25) is 4.79 Å². The van der Waals surface area contributed by atoms with Crippen LogP contribution < -0.4 is 11.1 Å². The van der Waals surface area contributed by atoms with E-state index in [0.717, 1.165) is 25.7 Å². The SMILES string of the molecule is CC(C)N(C(=O)CN)[C@@H]1CCCC[C@H]1NC(=O)OC(C)(C)C. The number of nitrogens with zero attached hydrogens (tertiary/aromatic N) is 1. The van der Waals surface area contributed by atoms with Crippen LogP contribution in [0.2, 0.25) is 0 Å². The number of nitrogens with two attached hydrogens (primary N) is 1. The molecule has 3 N–H and O–H groups in total. The molecule has 0 aliphatic heterocycles. The Morgan fingerprint density at radius 3 is 2.36 bits per heavy atom. The van der Waals surface area contributed by atoms with Gasteiger partial charge in [-0.1, -0.05) is 12.8 Å². The van der Waals surface area contributed by atoms with E-state index in [1.54, 1.807) is 0 Å². The summed E-state index contributed by atoms with van der Waals surface area (Å²) in [6.45, 7) is 9.46. The molecule has 0 unspecified atom stereocenters. The van der Waals surface area contributed by atoms with Crippen molar-refractivity contribution < 1.29 is 14.3 Å². The molecule has 1 fully saturated rings. The first-order valence-corrected chi connectivity index (χ1v) is 8.16. The lowest BCUT2D eigenvalue weighted by atomic mass is 9.88. The lowest BCUT2D eigenvalue weighted by Gasteiger charge is -2.42. The van der Waals surface area contributed by atoms with Gasteiger partial charge in [0.15, 0.2) is 0 Å². The molecule has 0 spiro atoms. The van der Waals surface area contributed by atoms with Crippen LogP contribution in [0.3, 0.4) is 0 Å². The Balaban J connectivity index is 2.81. The molecule has 0 aromatic carbocycles. The molecule has 2 amide bonds. The monoisotopic (exact) mass is 313 g/mol. The molecule has 0 radical (unpaired) electrons. The van der Waals surface area contributed by atoms with Crippen LogP contribution in [0.4, 0.5) is 4.79 Å². The number of alkyl carbamates (subject to hydrolysis) is 1.